The van der Waals surface area contributed by atoms with E-state index in [4.69, 9.17) is 9.47 Å². The van der Waals surface area contributed by atoms with Crippen LogP contribution in [-0.4, -0.2) is 37.7 Å². The molecule has 1 N–H and O–H groups in total. The van der Waals surface area contributed by atoms with Crippen molar-refractivity contribution in [2.75, 3.05) is 19.8 Å². The fourth-order valence-electron chi connectivity index (χ4n) is 2.56. The molecule has 5 nitrogen and oxygen atoms in total. The molecule has 0 aliphatic carbocycles. The molecule has 0 aromatic heterocycles. The van der Waals surface area contributed by atoms with Crippen molar-refractivity contribution < 1.29 is 19.1 Å². The maximum atomic E-state index is 11.8. The lowest BCUT2D eigenvalue weighted by atomic mass is 9.74. The summed E-state index contributed by atoms with van der Waals surface area (Å²) in [6.07, 6.45) is 1.91. The molecule has 0 aromatic rings. The lowest BCUT2D eigenvalue weighted by Gasteiger charge is -2.35. The van der Waals surface area contributed by atoms with Crippen molar-refractivity contribution >= 4 is 11.9 Å². The summed E-state index contributed by atoms with van der Waals surface area (Å²) in [5.41, 5.74) is -0.276. The van der Waals surface area contributed by atoms with E-state index in [2.05, 4.69) is 5.32 Å². The van der Waals surface area contributed by atoms with Gasteiger partial charge >= 0.3 is 5.97 Å². The number of ether oxygens (including phenoxy) is 2. The average molecular weight is 227 g/mol. The highest BCUT2D eigenvalue weighted by Crippen LogP contribution is 2.41. The fourth-order valence-corrected chi connectivity index (χ4v) is 2.56. The normalized spacial score (nSPS) is 27.8. The number of hydrogen-bond acceptors (Lipinski definition) is 4. The molecule has 2 rings (SSSR count). The summed E-state index contributed by atoms with van der Waals surface area (Å²) in [5.74, 6) is -0.366. The Hall–Kier alpha value is -1.10. The molecule has 2 fully saturated rings. The number of rotatable bonds is 2. The van der Waals surface area contributed by atoms with Gasteiger partial charge in [0.1, 0.15) is 6.04 Å². The SMILES string of the molecule is CCOC(=O)C1NC(=O)CC12CCOCC2. The smallest absolute Gasteiger partial charge is 0.329 e. The van der Waals surface area contributed by atoms with E-state index in [9.17, 15) is 9.59 Å². The van der Waals surface area contributed by atoms with Crippen molar-refractivity contribution in [1.82, 2.24) is 5.32 Å². The van der Waals surface area contributed by atoms with Crippen molar-refractivity contribution in [2.24, 2.45) is 5.41 Å². The Morgan fingerprint density at radius 3 is 2.88 bits per heavy atom. The number of carbonyl (C=O) groups is 2. The van der Waals surface area contributed by atoms with Crippen molar-refractivity contribution in [2.45, 2.75) is 32.2 Å². The summed E-state index contributed by atoms with van der Waals surface area (Å²) in [6, 6.07) is -0.483. The van der Waals surface area contributed by atoms with Crippen LogP contribution in [0, 0.1) is 5.41 Å². The van der Waals surface area contributed by atoms with Crippen LogP contribution in [0.1, 0.15) is 26.2 Å². The van der Waals surface area contributed by atoms with Gasteiger partial charge in [0, 0.05) is 25.0 Å². The molecule has 5 heteroatoms. The zero-order valence-electron chi connectivity index (χ0n) is 9.45. The van der Waals surface area contributed by atoms with Crippen LogP contribution in [0.3, 0.4) is 0 Å². The van der Waals surface area contributed by atoms with E-state index in [0.717, 1.165) is 12.8 Å². The maximum absolute atomic E-state index is 11.8. The van der Waals surface area contributed by atoms with E-state index in [0.29, 0.717) is 26.2 Å². The average Bonchev–Trinajstić information content (AvgIpc) is 2.57. The molecule has 0 radical (unpaired) electrons. The largest absolute Gasteiger partial charge is 0.464 e. The third-order valence-electron chi connectivity index (χ3n) is 3.44. The molecule has 2 heterocycles. The van der Waals surface area contributed by atoms with E-state index in [1.165, 1.54) is 0 Å². The molecular weight excluding hydrogens is 210 g/mol. The van der Waals surface area contributed by atoms with Crippen molar-refractivity contribution in [3.8, 4) is 0 Å². The predicted molar refractivity (Wildman–Crippen MR) is 55.7 cm³/mol. The molecule has 2 saturated heterocycles. The summed E-state index contributed by atoms with van der Waals surface area (Å²) in [4.78, 5) is 23.3. The van der Waals surface area contributed by atoms with Crippen molar-refractivity contribution in [3.63, 3.8) is 0 Å². The standard InChI is InChI=1S/C11H17NO4/c1-2-16-10(14)9-11(7-8(13)12-9)3-5-15-6-4-11/h9H,2-7H2,1H3,(H,12,13). The first-order valence-electron chi connectivity index (χ1n) is 5.72. The highest BCUT2D eigenvalue weighted by atomic mass is 16.5. The molecule has 0 aromatic carbocycles. The minimum absolute atomic E-state index is 0.0556. The topological polar surface area (TPSA) is 64.6 Å². The molecule has 2 aliphatic heterocycles. The molecule has 2 aliphatic rings. The Labute approximate surface area is 94.5 Å². The molecule has 0 bridgehead atoms. The Morgan fingerprint density at radius 1 is 1.56 bits per heavy atom. The molecule has 1 amide bonds. The molecule has 90 valence electrons. The summed E-state index contributed by atoms with van der Waals surface area (Å²) >= 11 is 0. The number of esters is 1. The van der Waals surface area contributed by atoms with Crippen molar-refractivity contribution in [3.05, 3.63) is 0 Å². The number of hydrogen-bond donors (Lipinski definition) is 1. The minimum atomic E-state index is -0.483. The van der Waals surface area contributed by atoms with Gasteiger partial charge in [-0.25, -0.2) is 4.79 Å². The second-order valence-electron chi connectivity index (χ2n) is 4.40. The van der Waals surface area contributed by atoms with Gasteiger partial charge in [0.05, 0.1) is 6.61 Å². The van der Waals surface area contributed by atoms with Gasteiger partial charge in [-0.05, 0) is 19.8 Å². The Kier molecular flexibility index (Phi) is 3.14. The van der Waals surface area contributed by atoms with Gasteiger partial charge in [0.2, 0.25) is 5.91 Å². The molecule has 1 atom stereocenters. The van der Waals surface area contributed by atoms with Crippen LogP contribution < -0.4 is 5.32 Å². The van der Waals surface area contributed by atoms with E-state index in [1.54, 1.807) is 6.92 Å². The molecular formula is C11H17NO4. The fraction of sp³-hybridized carbons (Fsp3) is 0.818. The van der Waals surface area contributed by atoms with Crippen LogP contribution in [0.5, 0.6) is 0 Å². The Morgan fingerprint density at radius 2 is 2.25 bits per heavy atom. The van der Waals surface area contributed by atoms with Crippen LogP contribution >= 0.6 is 0 Å². The van der Waals surface area contributed by atoms with Gasteiger partial charge in [-0.1, -0.05) is 0 Å². The predicted octanol–water partition coefficient (Wildman–Crippen LogP) is 0.235. The lowest BCUT2D eigenvalue weighted by Crippen LogP contribution is -2.47. The van der Waals surface area contributed by atoms with E-state index in [1.807, 2.05) is 0 Å². The first kappa shape index (κ1) is 11.4. The molecule has 1 unspecified atom stereocenters. The van der Waals surface area contributed by atoms with Crippen LogP contribution in [0.25, 0.3) is 0 Å². The van der Waals surface area contributed by atoms with Crippen molar-refractivity contribution in [1.29, 1.82) is 0 Å². The summed E-state index contributed by atoms with van der Waals surface area (Å²) in [5, 5.41) is 2.73. The maximum Gasteiger partial charge on any atom is 0.329 e. The van der Waals surface area contributed by atoms with Crippen LogP contribution in [0.15, 0.2) is 0 Å². The quantitative estimate of drug-likeness (QED) is 0.686. The van der Waals surface area contributed by atoms with Gasteiger partial charge in [-0.3, -0.25) is 4.79 Å². The van der Waals surface area contributed by atoms with Gasteiger partial charge in [-0.2, -0.15) is 0 Å². The van der Waals surface area contributed by atoms with Gasteiger partial charge < -0.3 is 14.8 Å². The third kappa shape index (κ3) is 1.91. The van der Waals surface area contributed by atoms with Gasteiger partial charge in [0.25, 0.3) is 0 Å². The zero-order chi connectivity index (χ0) is 11.6. The number of amides is 1. The first-order valence-corrected chi connectivity index (χ1v) is 5.72. The second-order valence-corrected chi connectivity index (χ2v) is 4.40. The second kappa shape index (κ2) is 4.41. The summed E-state index contributed by atoms with van der Waals surface area (Å²) in [7, 11) is 0. The minimum Gasteiger partial charge on any atom is -0.464 e. The van der Waals surface area contributed by atoms with E-state index in [-0.39, 0.29) is 17.3 Å². The third-order valence-corrected chi connectivity index (χ3v) is 3.44. The Bertz CT molecular complexity index is 296. The lowest BCUT2D eigenvalue weighted by molar-refractivity contribution is -0.150. The number of carbonyl (C=O) groups excluding carboxylic acids is 2. The van der Waals surface area contributed by atoms with Crippen LogP contribution in [-0.2, 0) is 19.1 Å². The summed E-state index contributed by atoms with van der Waals surface area (Å²) in [6.45, 7) is 3.35. The Balaban J connectivity index is 2.14. The van der Waals surface area contributed by atoms with E-state index < -0.39 is 6.04 Å². The van der Waals surface area contributed by atoms with Gasteiger partial charge in [0.15, 0.2) is 0 Å². The van der Waals surface area contributed by atoms with Crippen LogP contribution in [0.2, 0.25) is 0 Å². The highest BCUT2D eigenvalue weighted by molar-refractivity contribution is 5.90. The zero-order valence-corrected chi connectivity index (χ0v) is 9.45. The molecule has 1 spiro atoms. The van der Waals surface area contributed by atoms with Crippen LogP contribution in [0.4, 0.5) is 0 Å². The van der Waals surface area contributed by atoms with Gasteiger partial charge in [-0.15, -0.1) is 0 Å². The highest BCUT2D eigenvalue weighted by Gasteiger charge is 2.51. The first-order chi connectivity index (χ1) is 7.68. The number of nitrogens with one attached hydrogen (secondary N) is 1. The molecule has 16 heavy (non-hydrogen) atoms. The molecule has 0 saturated carbocycles. The summed E-state index contributed by atoms with van der Waals surface area (Å²) < 4.78 is 10.3. The monoisotopic (exact) mass is 227 g/mol. The van der Waals surface area contributed by atoms with E-state index >= 15 is 0 Å².